The molecule has 0 bridgehead atoms. The smallest absolute Gasteiger partial charge is 0.262 e. The van der Waals surface area contributed by atoms with E-state index in [1.54, 1.807) is 12.3 Å². The number of sulfonamides is 1. The topological polar surface area (TPSA) is 84.8 Å². The van der Waals surface area contributed by atoms with Crippen LogP contribution in [-0.2, 0) is 15.4 Å². The molecule has 0 saturated heterocycles. The molecule has 0 aliphatic carbocycles. The van der Waals surface area contributed by atoms with E-state index in [4.69, 9.17) is 0 Å². The Hall–Kier alpha value is -2.02. The molecule has 0 amide bonds. The van der Waals surface area contributed by atoms with Crippen LogP contribution in [0.4, 0.5) is 5.82 Å². The predicted octanol–water partition coefficient (Wildman–Crippen LogP) is 1.97. The second kappa shape index (κ2) is 5.16. The lowest BCUT2D eigenvalue weighted by Crippen LogP contribution is -2.17. The molecule has 7 heteroatoms. The number of rotatable bonds is 3. The Morgan fingerprint density at radius 3 is 2.35 bits per heavy atom. The van der Waals surface area contributed by atoms with E-state index >= 15 is 0 Å². The Morgan fingerprint density at radius 1 is 1.10 bits per heavy atom. The van der Waals surface area contributed by atoms with Crippen LogP contribution in [0.5, 0.6) is 0 Å². The molecule has 106 valence electrons. The van der Waals surface area contributed by atoms with E-state index in [1.165, 1.54) is 24.7 Å². The highest BCUT2D eigenvalue weighted by Gasteiger charge is 2.19. The Labute approximate surface area is 118 Å². The van der Waals surface area contributed by atoms with E-state index in [0.717, 1.165) is 5.56 Å². The van der Waals surface area contributed by atoms with Crippen molar-refractivity contribution in [3.8, 4) is 0 Å². The summed E-state index contributed by atoms with van der Waals surface area (Å²) in [6, 6.07) is 4.73. The lowest BCUT2D eigenvalue weighted by molar-refractivity contribution is 0.581. The van der Waals surface area contributed by atoms with Crippen LogP contribution >= 0.6 is 0 Å². The maximum Gasteiger partial charge on any atom is 0.280 e. The quantitative estimate of drug-likeness (QED) is 0.934. The maximum absolute atomic E-state index is 12.1. The lowest BCUT2D eigenvalue weighted by Gasteiger charge is -2.18. The summed E-state index contributed by atoms with van der Waals surface area (Å²) in [5, 5.41) is -0.0379. The number of nitrogens with zero attached hydrogens (tertiary/aromatic N) is 3. The molecule has 0 aromatic carbocycles. The summed E-state index contributed by atoms with van der Waals surface area (Å²) in [7, 11) is -3.73. The van der Waals surface area contributed by atoms with Crippen LogP contribution in [0.3, 0.4) is 0 Å². The van der Waals surface area contributed by atoms with Gasteiger partial charge in [-0.1, -0.05) is 26.8 Å². The zero-order valence-electron chi connectivity index (χ0n) is 11.5. The van der Waals surface area contributed by atoms with Crippen molar-refractivity contribution in [2.24, 2.45) is 0 Å². The van der Waals surface area contributed by atoms with Crippen LogP contribution in [0.25, 0.3) is 0 Å². The first-order valence-corrected chi connectivity index (χ1v) is 7.53. The van der Waals surface area contributed by atoms with Gasteiger partial charge in [-0.05, 0) is 23.1 Å². The molecule has 2 heterocycles. The van der Waals surface area contributed by atoms with Crippen molar-refractivity contribution in [2.45, 2.75) is 31.2 Å². The number of hydrogen-bond acceptors (Lipinski definition) is 5. The van der Waals surface area contributed by atoms with E-state index in [0.29, 0.717) is 0 Å². The summed E-state index contributed by atoms with van der Waals surface area (Å²) in [4.78, 5) is 11.6. The maximum atomic E-state index is 12.1. The van der Waals surface area contributed by atoms with Gasteiger partial charge < -0.3 is 0 Å². The fraction of sp³-hybridized carbons (Fsp3) is 0.308. The second-order valence-electron chi connectivity index (χ2n) is 5.34. The van der Waals surface area contributed by atoms with Crippen molar-refractivity contribution >= 4 is 15.8 Å². The van der Waals surface area contributed by atoms with Crippen molar-refractivity contribution < 1.29 is 8.42 Å². The molecule has 20 heavy (non-hydrogen) atoms. The minimum Gasteiger partial charge on any atom is -0.262 e. The van der Waals surface area contributed by atoms with Gasteiger partial charge in [-0.25, -0.2) is 15.0 Å². The third kappa shape index (κ3) is 3.30. The third-order valence-electron chi connectivity index (χ3n) is 2.70. The zero-order valence-corrected chi connectivity index (χ0v) is 12.3. The number of aromatic nitrogens is 3. The van der Waals surface area contributed by atoms with Crippen LogP contribution in [0.15, 0.2) is 41.9 Å². The Morgan fingerprint density at radius 2 is 1.85 bits per heavy atom. The molecule has 2 aromatic heterocycles. The summed E-state index contributed by atoms with van der Waals surface area (Å²) in [5.41, 5.74) is 0.897. The Bertz CT molecular complexity index is 677. The van der Waals surface area contributed by atoms with Gasteiger partial charge in [0.05, 0.1) is 0 Å². The Kier molecular flexibility index (Phi) is 3.71. The first-order chi connectivity index (χ1) is 9.29. The molecule has 0 atom stereocenters. The normalized spacial score (nSPS) is 12.2. The average molecular weight is 292 g/mol. The highest BCUT2D eigenvalue weighted by Crippen LogP contribution is 2.22. The van der Waals surface area contributed by atoms with Crippen molar-refractivity contribution in [1.29, 1.82) is 0 Å². The first kappa shape index (κ1) is 14.4. The number of hydrogen-bond donors (Lipinski definition) is 1. The van der Waals surface area contributed by atoms with Gasteiger partial charge in [-0.3, -0.25) is 4.72 Å². The molecule has 6 nitrogen and oxygen atoms in total. The largest absolute Gasteiger partial charge is 0.280 e. The molecule has 0 aliphatic heterocycles. The summed E-state index contributed by atoms with van der Waals surface area (Å²) in [6.07, 6.45) is 4.31. The zero-order chi connectivity index (χ0) is 14.8. The van der Waals surface area contributed by atoms with Gasteiger partial charge in [-0.15, -0.1) is 0 Å². The van der Waals surface area contributed by atoms with Crippen LogP contribution < -0.4 is 4.72 Å². The van der Waals surface area contributed by atoms with Crippen LogP contribution in [0, 0.1) is 0 Å². The molecular formula is C13H16N4O2S. The van der Waals surface area contributed by atoms with E-state index in [2.05, 4.69) is 19.7 Å². The highest BCUT2D eigenvalue weighted by atomic mass is 32.2. The van der Waals surface area contributed by atoms with Gasteiger partial charge in [0, 0.05) is 12.4 Å². The van der Waals surface area contributed by atoms with Gasteiger partial charge in [-0.2, -0.15) is 8.42 Å². The van der Waals surface area contributed by atoms with Gasteiger partial charge in [0.1, 0.15) is 12.1 Å². The predicted molar refractivity (Wildman–Crippen MR) is 75.8 cm³/mol. The SMILES string of the molecule is CC(C)(C)c1ccc(S(=O)(=O)Nc2ccncn2)nc1. The summed E-state index contributed by atoms with van der Waals surface area (Å²) in [6.45, 7) is 6.12. The van der Waals surface area contributed by atoms with Gasteiger partial charge in [0.15, 0.2) is 5.03 Å². The molecule has 0 saturated carbocycles. The van der Waals surface area contributed by atoms with E-state index in [1.807, 2.05) is 20.8 Å². The van der Waals surface area contributed by atoms with Gasteiger partial charge in [0.2, 0.25) is 0 Å². The van der Waals surface area contributed by atoms with Gasteiger partial charge >= 0.3 is 0 Å². The van der Waals surface area contributed by atoms with E-state index in [-0.39, 0.29) is 16.3 Å². The van der Waals surface area contributed by atoms with Crippen molar-refractivity contribution in [2.75, 3.05) is 4.72 Å². The molecule has 0 unspecified atom stereocenters. The summed E-state index contributed by atoms with van der Waals surface area (Å²) >= 11 is 0. The molecule has 0 radical (unpaired) electrons. The average Bonchev–Trinajstić information content (AvgIpc) is 2.38. The van der Waals surface area contributed by atoms with Crippen LogP contribution in [0.1, 0.15) is 26.3 Å². The molecule has 0 spiro atoms. The van der Waals surface area contributed by atoms with Crippen LogP contribution in [-0.4, -0.2) is 23.4 Å². The Balaban J connectivity index is 2.27. The van der Waals surface area contributed by atoms with E-state index < -0.39 is 10.0 Å². The minimum atomic E-state index is -3.73. The van der Waals surface area contributed by atoms with E-state index in [9.17, 15) is 8.42 Å². The van der Waals surface area contributed by atoms with Crippen molar-refractivity contribution in [3.63, 3.8) is 0 Å². The monoisotopic (exact) mass is 292 g/mol. The van der Waals surface area contributed by atoms with Crippen molar-refractivity contribution in [1.82, 2.24) is 15.0 Å². The standard InChI is InChI=1S/C13H16N4O2S/c1-13(2,3)10-4-5-12(15-8-10)20(18,19)17-11-6-7-14-9-16-11/h4-9H,1-3H3,(H,14,16,17). The third-order valence-corrected chi connectivity index (χ3v) is 3.97. The summed E-state index contributed by atoms with van der Waals surface area (Å²) in [5.74, 6) is 0.210. The summed E-state index contributed by atoms with van der Waals surface area (Å²) < 4.78 is 26.6. The number of pyridine rings is 1. The van der Waals surface area contributed by atoms with Crippen molar-refractivity contribution in [3.05, 3.63) is 42.5 Å². The fourth-order valence-corrected chi connectivity index (χ4v) is 2.46. The second-order valence-corrected chi connectivity index (χ2v) is 6.96. The first-order valence-electron chi connectivity index (χ1n) is 6.04. The molecule has 2 aromatic rings. The molecule has 0 aliphatic rings. The molecule has 1 N–H and O–H groups in total. The molecular weight excluding hydrogens is 276 g/mol. The number of anilines is 1. The molecule has 0 fully saturated rings. The van der Waals surface area contributed by atoms with Gasteiger partial charge in [0.25, 0.3) is 10.0 Å². The fourth-order valence-electron chi connectivity index (χ4n) is 1.52. The highest BCUT2D eigenvalue weighted by molar-refractivity contribution is 7.92. The number of nitrogens with one attached hydrogen (secondary N) is 1. The molecule has 2 rings (SSSR count). The minimum absolute atomic E-state index is 0.0379. The van der Waals surface area contributed by atoms with Crippen LogP contribution in [0.2, 0.25) is 0 Å². The lowest BCUT2D eigenvalue weighted by atomic mass is 9.88.